The average molecular weight is 374 g/mol. The number of carboxylic acid groups (broad SMARTS) is 1. The van der Waals surface area contributed by atoms with Crippen LogP contribution in [0.25, 0.3) is 0 Å². The molecule has 0 aliphatic carbocycles. The standard InChI is InChI=1S/C20H26N2O5/c1-4-26-18-12-15(8-10-17(18)27-13-19(23)24)20(25)21-14(2)7-9-16-6-5-11-22(16)3/h5-6,8,10-12,14H,4,7,9,13H2,1-3H3,(H,21,25)(H,23,24). The smallest absolute Gasteiger partial charge is 0.341 e. The normalized spacial score (nSPS) is 11.7. The van der Waals surface area contributed by atoms with Crippen LogP contribution in [0.15, 0.2) is 36.5 Å². The summed E-state index contributed by atoms with van der Waals surface area (Å²) in [7, 11) is 2.00. The van der Waals surface area contributed by atoms with Gasteiger partial charge in [0.2, 0.25) is 0 Å². The van der Waals surface area contributed by atoms with Crippen LogP contribution in [0.3, 0.4) is 0 Å². The maximum atomic E-state index is 12.5. The van der Waals surface area contributed by atoms with Gasteiger partial charge in [-0.1, -0.05) is 0 Å². The maximum absolute atomic E-state index is 12.5. The molecule has 0 fully saturated rings. The first-order valence-electron chi connectivity index (χ1n) is 8.93. The highest BCUT2D eigenvalue weighted by atomic mass is 16.5. The molecule has 0 radical (unpaired) electrons. The molecule has 0 spiro atoms. The molecule has 0 aliphatic heterocycles. The van der Waals surface area contributed by atoms with Crippen molar-refractivity contribution in [1.29, 1.82) is 0 Å². The van der Waals surface area contributed by atoms with Crippen LogP contribution < -0.4 is 14.8 Å². The molecule has 0 saturated carbocycles. The molecule has 27 heavy (non-hydrogen) atoms. The number of rotatable bonds is 10. The number of benzene rings is 1. The molecule has 1 unspecified atom stereocenters. The fraction of sp³-hybridized carbons (Fsp3) is 0.400. The number of carboxylic acids is 1. The van der Waals surface area contributed by atoms with Gasteiger partial charge in [-0.3, -0.25) is 4.79 Å². The van der Waals surface area contributed by atoms with Crippen molar-refractivity contribution in [3.63, 3.8) is 0 Å². The quantitative estimate of drug-likeness (QED) is 0.667. The van der Waals surface area contributed by atoms with E-state index in [1.54, 1.807) is 25.1 Å². The van der Waals surface area contributed by atoms with E-state index in [4.69, 9.17) is 14.6 Å². The summed E-state index contributed by atoms with van der Waals surface area (Å²) < 4.78 is 12.7. The van der Waals surface area contributed by atoms with E-state index >= 15 is 0 Å². The van der Waals surface area contributed by atoms with Crippen molar-refractivity contribution in [2.75, 3.05) is 13.2 Å². The van der Waals surface area contributed by atoms with Crippen molar-refractivity contribution < 1.29 is 24.2 Å². The Bertz CT molecular complexity index is 784. The molecule has 1 amide bonds. The molecule has 2 N–H and O–H groups in total. The van der Waals surface area contributed by atoms with E-state index in [9.17, 15) is 9.59 Å². The number of nitrogens with one attached hydrogen (secondary N) is 1. The predicted octanol–water partition coefficient (Wildman–Crippen LogP) is 2.64. The topological polar surface area (TPSA) is 89.8 Å². The van der Waals surface area contributed by atoms with Crippen molar-refractivity contribution in [1.82, 2.24) is 9.88 Å². The number of hydrogen-bond donors (Lipinski definition) is 2. The van der Waals surface area contributed by atoms with E-state index < -0.39 is 12.6 Å². The molecule has 2 aromatic rings. The van der Waals surface area contributed by atoms with Crippen LogP contribution in [0.4, 0.5) is 0 Å². The summed E-state index contributed by atoms with van der Waals surface area (Å²) in [4.78, 5) is 23.2. The van der Waals surface area contributed by atoms with Crippen molar-refractivity contribution in [3.8, 4) is 11.5 Å². The van der Waals surface area contributed by atoms with Crippen LogP contribution >= 0.6 is 0 Å². The molecule has 7 nitrogen and oxygen atoms in total. The van der Waals surface area contributed by atoms with Gasteiger partial charge in [-0.2, -0.15) is 0 Å². The molecule has 0 saturated heterocycles. The Morgan fingerprint density at radius 3 is 2.63 bits per heavy atom. The van der Waals surface area contributed by atoms with Crippen molar-refractivity contribution in [3.05, 3.63) is 47.8 Å². The largest absolute Gasteiger partial charge is 0.490 e. The number of nitrogens with zero attached hydrogens (tertiary/aromatic N) is 1. The van der Waals surface area contributed by atoms with Crippen LogP contribution in [0.5, 0.6) is 11.5 Å². The molecular formula is C20H26N2O5. The highest BCUT2D eigenvalue weighted by Crippen LogP contribution is 2.28. The minimum atomic E-state index is -1.08. The summed E-state index contributed by atoms with van der Waals surface area (Å²) in [6, 6.07) is 8.79. The fourth-order valence-electron chi connectivity index (χ4n) is 2.68. The Hall–Kier alpha value is -2.96. The zero-order valence-electron chi connectivity index (χ0n) is 15.9. The number of aryl methyl sites for hydroxylation is 2. The monoisotopic (exact) mass is 374 g/mol. The lowest BCUT2D eigenvalue weighted by molar-refractivity contribution is -0.139. The number of amides is 1. The van der Waals surface area contributed by atoms with E-state index in [-0.39, 0.29) is 11.9 Å². The number of ether oxygens (including phenoxy) is 2. The van der Waals surface area contributed by atoms with Crippen molar-refractivity contribution in [2.45, 2.75) is 32.7 Å². The van der Waals surface area contributed by atoms with E-state index in [0.29, 0.717) is 23.7 Å². The van der Waals surface area contributed by atoms with Crippen molar-refractivity contribution >= 4 is 11.9 Å². The molecule has 1 atom stereocenters. The summed E-state index contributed by atoms with van der Waals surface area (Å²) in [5, 5.41) is 11.7. The highest BCUT2D eigenvalue weighted by Gasteiger charge is 2.15. The van der Waals surface area contributed by atoms with Gasteiger partial charge in [-0.15, -0.1) is 0 Å². The lowest BCUT2D eigenvalue weighted by atomic mass is 10.1. The number of aliphatic carboxylic acids is 1. The Morgan fingerprint density at radius 1 is 1.22 bits per heavy atom. The van der Waals surface area contributed by atoms with Gasteiger partial charge in [0.05, 0.1) is 6.61 Å². The average Bonchev–Trinajstić information content (AvgIpc) is 3.04. The molecule has 146 valence electrons. The van der Waals surface area contributed by atoms with Crippen LogP contribution in [0.1, 0.15) is 36.3 Å². The summed E-state index contributed by atoms with van der Waals surface area (Å²) in [6.07, 6.45) is 3.70. The molecular weight excluding hydrogens is 348 g/mol. The minimum absolute atomic E-state index is 0.00544. The molecule has 2 rings (SSSR count). The molecule has 0 aliphatic rings. The third kappa shape index (κ3) is 6.06. The van der Waals surface area contributed by atoms with Gasteiger partial charge < -0.3 is 24.5 Å². The molecule has 1 heterocycles. The predicted molar refractivity (Wildman–Crippen MR) is 101 cm³/mol. The van der Waals surface area contributed by atoms with E-state index in [1.165, 1.54) is 5.69 Å². The second-order valence-corrected chi connectivity index (χ2v) is 6.30. The first-order chi connectivity index (χ1) is 12.9. The second-order valence-electron chi connectivity index (χ2n) is 6.30. The first-order valence-corrected chi connectivity index (χ1v) is 8.93. The summed E-state index contributed by atoms with van der Waals surface area (Å²) in [5.41, 5.74) is 1.65. The highest BCUT2D eigenvalue weighted by molar-refractivity contribution is 5.95. The second kappa shape index (κ2) is 9.66. The number of hydrogen-bond acceptors (Lipinski definition) is 4. The Labute approximate surface area is 158 Å². The minimum Gasteiger partial charge on any atom is -0.490 e. The molecule has 0 bridgehead atoms. The van der Waals surface area contributed by atoms with Crippen LogP contribution in [-0.4, -0.2) is 40.8 Å². The third-order valence-electron chi connectivity index (χ3n) is 4.12. The fourth-order valence-corrected chi connectivity index (χ4v) is 2.68. The third-order valence-corrected chi connectivity index (χ3v) is 4.12. The van der Waals surface area contributed by atoms with Crippen LogP contribution in [0.2, 0.25) is 0 Å². The lowest BCUT2D eigenvalue weighted by Gasteiger charge is -2.16. The van der Waals surface area contributed by atoms with Gasteiger partial charge in [0.15, 0.2) is 18.1 Å². The van der Waals surface area contributed by atoms with Gasteiger partial charge in [-0.05, 0) is 57.0 Å². The number of carbonyl (C=O) groups is 2. The van der Waals surface area contributed by atoms with Gasteiger partial charge >= 0.3 is 5.97 Å². The van der Waals surface area contributed by atoms with Gasteiger partial charge in [0.25, 0.3) is 5.91 Å². The summed E-state index contributed by atoms with van der Waals surface area (Å²) in [5.74, 6) is -0.637. The first kappa shape index (κ1) is 20.4. The van der Waals surface area contributed by atoms with E-state index in [1.807, 2.05) is 26.2 Å². The molecule has 1 aromatic heterocycles. The van der Waals surface area contributed by atoms with Gasteiger partial charge in [0.1, 0.15) is 0 Å². The van der Waals surface area contributed by atoms with E-state index in [0.717, 1.165) is 12.8 Å². The van der Waals surface area contributed by atoms with Crippen molar-refractivity contribution in [2.24, 2.45) is 7.05 Å². The zero-order chi connectivity index (χ0) is 19.8. The number of carbonyl (C=O) groups excluding carboxylic acids is 1. The number of aromatic nitrogens is 1. The zero-order valence-corrected chi connectivity index (χ0v) is 15.9. The summed E-state index contributed by atoms with van der Waals surface area (Å²) >= 11 is 0. The SMILES string of the molecule is CCOc1cc(C(=O)NC(C)CCc2cccn2C)ccc1OCC(=O)O. The van der Waals surface area contributed by atoms with Gasteiger partial charge in [-0.25, -0.2) is 4.79 Å². The van der Waals surface area contributed by atoms with E-state index in [2.05, 4.69) is 16.0 Å². The van der Waals surface area contributed by atoms with Crippen LogP contribution in [-0.2, 0) is 18.3 Å². The Kier molecular flexibility index (Phi) is 7.28. The maximum Gasteiger partial charge on any atom is 0.341 e. The summed E-state index contributed by atoms with van der Waals surface area (Å²) in [6.45, 7) is 3.68. The van der Waals surface area contributed by atoms with Gasteiger partial charge in [0, 0.05) is 30.5 Å². The lowest BCUT2D eigenvalue weighted by Crippen LogP contribution is -2.33. The molecule has 7 heteroatoms. The Morgan fingerprint density at radius 2 is 2.00 bits per heavy atom. The van der Waals surface area contributed by atoms with Crippen LogP contribution in [0, 0.1) is 0 Å². The molecule has 1 aromatic carbocycles. The Balaban J connectivity index is 1.98.